The molecule has 0 amide bonds. The summed E-state index contributed by atoms with van der Waals surface area (Å²) >= 11 is 0. The van der Waals surface area contributed by atoms with Crippen molar-refractivity contribution >= 4 is 43.6 Å². The van der Waals surface area contributed by atoms with Crippen molar-refractivity contribution in [2.24, 2.45) is 0 Å². The Morgan fingerprint density at radius 2 is 1.02 bits per heavy atom. The summed E-state index contributed by atoms with van der Waals surface area (Å²) in [7, 11) is 0. The van der Waals surface area contributed by atoms with Crippen molar-refractivity contribution in [1.82, 2.24) is 14.1 Å². The minimum atomic E-state index is 0.931. The molecule has 0 aliphatic carbocycles. The first-order valence-electron chi connectivity index (χ1n) is 15.0. The van der Waals surface area contributed by atoms with Crippen LogP contribution in [0.1, 0.15) is 0 Å². The van der Waals surface area contributed by atoms with Gasteiger partial charge >= 0.3 is 0 Å². The van der Waals surface area contributed by atoms with Gasteiger partial charge in [-0.3, -0.25) is 4.57 Å². The van der Waals surface area contributed by atoms with E-state index in [9.17, 15) is 0 Å². The molecule has 7 aromatic carbocycles. The molecular weight excluding hydrogens is 534 g/mol. The second-order valence-corrected chi connectivity index (χ2v) is 11.2. The van der Waals surface area contributed by atoms with Gasteiger partial charge in [-0.2, -0.15) is 0 Å². The second-order valence-electron chi connectivity index (χ2n) is 11.2. The highest BCUT2D eigenvalue weighted by Crippen LogP contribution is 2.42. The molecule has 0 bridgehead atoms. The van der Waals surface area contributed by atoms with Crippen molar-refractivity contribution in [3.63, 3.8) is 0 Å². The van der Waals surface area contributed by atoms with Gasteiger partial charge in [0.15, 0.2) is 0 Å². The number of nitrogens with zero attached hydrogens (tertiary/aromatic N) is 3. The zero-order chi connectivity index (χ0) is 29.0. The van der Waals surface area contributed by atoms with E-state index >= 15 is 0 Å². The van der Waals surface area contributed by atoms with Gasteiger partial charge in [-0.1, -0.05) is 115 Å². The summed E-state index contributed by atoms with van der Waals surface area (Å²) in [5.41, 5.74) is 10.2. The Bertz CT molecular complexity index is 2470. The van der Waals surface area contributed by atoms with Crippen LogP contribution in [0.2, 0.25) is 0 Å². The number of hydrogen-bond donors (Lipinski definition) is 0. The van der Waals surface area contributed by atoms with Crippen LogP contribution in [0.3, 0.4) is 0 Å². The molecule has 0 saturated carbocycles. The van der Waals surface area contributed by atoms with Gasteiger partial charge in [-0.25, -0.2) is 4.98 Å². The molecular formula is C41H27N3. The molecule has 44 heavy (non-hydrogen) atoms. The van der Waals surface area contributed by atoms with Crippen LogP contribution in [0, 0.1) is 0 Å². The van der Waals surface area contributed by atoms with Crippen LogP contribution >= 0.6 is 0 Å². The van der Waals surface area contributed by atoms with E-state index in [2.05, 4.69) is 173 Å². The average Bonchev–Trinajstić information content (AvgIpc) is 3.66. The third-order valence-electron chi connectivity index (χ3n) is 8.69. The Balaban J connectivity index is 1.43. The summed E-state index contributed by atoms with van der Waals surface area (Å²) in [4.78, 5) is 5.35. The number of aromatic nitrogens is 3. The van der Waals surface area contributed by atoms with Gasteiger partial charge in [0.1, 0.15) is 5.82 Å². The van der Waals surface area contributed by atoms with Crippen LogP contribution in [-0.2, 0) is 0 Å². The molecule has 0 aliphatic heterocycles. The summed E-state index contributed by atoms with van der Waals surface area (Å²) in [5.74, 6) is 0.931. The van der Waals surface area contributed by atoms with Crippen molar-refractivity contribution in [2.45, 2.75) is 0 Å². The second kappa shape index (κ2) is 9.82. The van der Waals surface area contributed by atoms with Crippen LogP contribution in [0.15, 0.2) is 164 Å². The van der Waals surface area contributed by atoms with E-state index in [1.54, 1.807) is 0 Å². The summed E-state index contributed by atoms with van der Waals surface area (Å²) < 4.78 is 4.74. The average molecular weight is 562 g/mol. The monoisotopic (exact) mass is 561 g/mol. The van der Waals surface area contributed by atoms with Crippen molar-refractivity contribution in [1.29, 1.82) is 0 Å². The van der Waals surface area contributed by atoms with Crippen LogP contribution in [0.25, 0.3) is 77.5 Å². The van der Waals surface area contributed by atoms with Crippen molar-refractivity contribution in [3.8, 4) is 33.9 Å². The zero-order valence-corrected chi connectivity index (χ0v) is 23.9. The fourth-order valence-electron chi connectivity index (χ4n) is 6.78. The normalized spacial score (nSPS) is 11.6. The topological polar surface area (TPSA) is 22.8 Å². The van der Waals surface area contributed by atoms with Gasteiger partial charge < -0.3 is 4.57 Å². The van der Waals surface area contributed by atoms with Gasteiger partial charge in [0.05, 0.1) is 22.1 Å². The highest BCUT2D eigenvalue weighted by atomic mass is 15.1. The van der Waals surface area contributed by atoms with E-state index < -0.39 is 0 Å². The maximum absolute atomic E-state index is 5.35. The molecule has 2 heterocycles. The predicted molar refractivity (Wildman–Crippen MR) is 184 cm³/mol. The maximum Gasteiger partial charge on any atom is 0.145 e. The molecule has 0 atom stereocenters. The van der Waals surface area contributed by atoms with E-state index in [1.807, 2.05) is 0 Å². The largest absolute Gasteiger partial charge is 0.309 e. The maximum atomic E-state index is 5.35. The number of imidazole rings is 1. The van der Waals surface area contributed by atoms with E-state index in [-0.39, 0.29) is 0 Å². The molecule has 0 fully saturated rings. The summed E-state index contributed by atoms with van der Waals surface area (Å²) in [6.07, 6.45) is 0. The lowest BCUT2D eigenvalue weighted by molar-refractivity contribution is 1.11. The van der Waals surface area contributed by atoms with Crippen molar-refractivity contribution < 1.29 is 0 Å². The molecule has 0 unspecified atom stereocenters. The van der Waals surface area contributed by atoms with Crippen LogP contribution in [0.5, 0.6) is 0 Å². The quantitative estimate of drug-likeness (QED) is 0.210. The molecule has 3 nitrogen and oxygen atoms in total. The summed E-state index contributed by atoms with van der Waals surface area (Å²) in [6, 6.07) is 58.2. The lowest BCUT2D eigenvalue weighted by Gasteiger charge is -2.13. The van der Waals surface area contributed by atoms with E-state index in [0.717, 1.165) is 33.8 Å². The van der Waals surface area contributed by atoms with Crippen molar-refractivity contribution in [3.05, 3.63) is 164 Å². The fraction of sp³-hybridized carbons (Fsp3) is 0. The van der Waals surface area contributed by atoms with Crippen LogP contribution in [-0.4, -0.2) is 14.1 Å². The van der Waals surface area contributed by atoms with Crippen molar-refractivity contribution in [2.75, 3.05) is 0 Å². The smallest absolute Gasteiger partial charge is 0.145 e. The minimum Gasteiger partial charge on any atom is -0.309 e. The van der Waals surface area contributed by atoms with Gasteiger partial charge in [-0.15, -0.1) is 0 Å². The third-order valence-corrected chi connectivity index (χ3v) is 8.69. The minimum absolute atomic E-state index is 0.931. The molecule has 206 valence electrons. The lowest BCUT2D eigenvalue weighted by atomic mass is 10.0. The molecule has 3 heteroatoms. The van der Waals surface area contributed by atoms with Crippen LogP contribution < -0.4 is 0 Å². The standard InChI is InChI=1S/C41H27N3/c1-4-13-28(14-5-1)30-15-12-16-31(27-30)41-42-35-25-23-29-24-26-37-39(38(29)40(35)44(41)33-19-8-3-9-20-33)34-21-10-11-22-36(34)43(37)32-17-6-2-7-18-32/h1-27H. The molecule has 9 aromatic rings. The fourth-order valence-corrected chi connectivity index (χ4v) is 6.78. The highest BCUT2D eigenvalue weighted by Gasteiger charge is 2.21. The Morgan fingerprint density at radius 3 is 1.80 bits per heavy atom. The summed E-state index contributed by atoms with van der Waals surface area (Å²) in [5, 5.41) is 4.89. The number of para-hydroxylation sites is 3. The molecule has 0 N–H and O–H groups in total. The number of benzene rings is 7. The van der Waals surface area contributed by atoms with Gasteiger partial charge in [-0.05, 0) is 65.0 Å². The summed E-state index contributed by atoms with van der Waals surface area (Å²) in [6.45, 7) is 0. The SMILES string of the molecule is c1ccc(-c2cccc(-c3nc4ccc5ccc6c(c7ccccc7n6-c6ccccc6)c5c4n3-c3ccccc3)c2)cc1. The number of hydrogen-bond acceptors (Lipinski definition) is 1. The molecule has 0 aliphatic rings. The van der Waals surface area contributed by atoms with Gasteiger partial charge in [0.25, 0.3) is 0 Å². The first kappa shape index (κ1) is 24.6. The number of rotatable bonds is 4. The van der Waals surface area contributed by atoms with E-state index in [4.69, 9.17) is 4.98 Å². The number of fused-ring (bicyclic) bond motifs is 7. The molecule has 9 rings (SSSR count). The van der Waals surface area contributed by atoms with Crippen LogP contribution in [0.4, 0.5) is 0 Å². The molecule has 0 saturated heterocycles. The van der Waals surface area contributed by atoms with Gasteiger partial charge in [0, 0.05) is 33.1 Å². The lowest BCUT2D eigenvalue weighted by Crippen LogP contribution is -1.98. The molecule has 0 radical (unpaired) electrons. The highest BCUT2D eigenvalue weighted by molar-refractivity contribution is 6.27. The van der Waals surface area contributed by atoms with E-state index in [1.165, 1.54) is 43.7 Å². The first-order valence-corrected chi connectivity index (χ1v) is 15.0. The van der Waals surface area contributed by atoms with E-state index in [0.29, 0.717) is 0 Å². The predicted octanol–water partition coefficient (Wildman–Crippen LogP) is 10.6. The Hall–Kier alpha value is -5.93. The van der Waals surface area contributed by atoms with Gasteiger partial charge in [0.2, 0.25) is 0 Å². The Morgan fingerprint density at radius 1 is 0.409 bits per heavy atom. The molecule has 0 spiro atoms. The Labute approximate surface area is 254 Å². The third kappa shape index (κ3) is 3.73. The Kier molecular flexibility index (Phi) is 5.50. The zero-order valence-electron chi connectivity index (χ0n) is 23.9. The molecule has 2 aromatic heterocycles. The first-order chi connectivity index (χ1) is 21.8.